The van der Waals surface area contributed by atoms with Crippen LogP contribution in [0.15, 0.2) is 72.8 Å². The van der Waals surface area contributed by atoms with Crippen molar-refractivity contribution in [1.29, 1.82) is 0 Å². The lowest BCUT2D eigenvalue weighted by molar-refractivity contribution is -0.0509. The van der Waals surface area contributed by atoms with Gasteiger partial charge >= 0.3 is 6.61 Å². The maximum atomic E-state index is 12.6. The quantitative estimate of drug-likeness (QED) is 0.646. The molecular formula is C21H18F2O3. The highest BCUT2D eigenvalue weighted by molar-refractivity contribution is 5.67. The molecule has 0 radical (unpaired) electrons. The molecule has 0 aliphatic heterocycles. The van der Waals surface area contributed by atoms with E-state index in [0.717, 1.165) is 11.1 Å². The Morgan fingerprint density at radius 1 is 0.846 bits per heavy atom. The lowest BCUT2D eigenvalue weighted by atomic mass is 10.0. The van der Waals surface area contributed by atoms with Crippen LogP contribution >= 0.6 is 0 Å². The molecule has 0 spiro atoms. The van der Waals surface area contributed by atoms with E-state index in [4.69, 9.17) is 4.74 Å². The molecule has 0 saturated carbocycles. The fourth-order valence-corrected chi connectivity index (χ4v) is 2.58. The average molecular weight is 356 g/mol. The Morgan fingerprint density at radius 2 is 1.62 bits per heavy atom. The molecule has 0 heterocycles. The molecule has 0 amide bonds. The number of hydrogen-bond donors (Lipinski definition) is 1. The number of hydrogen-bond acceptors (Lipinski definition) is 3. The Hall–Kier alpha value is -2.92. The molecule has 0 atom stereocenters. The number of ether oxygens (including phenoxy) is 2. The van der Waals surface area contributed by atoms with Crippen LogP contribution in [0.3, 0.4) is 0 Å². The van der Waals surface area contributed by atoms with Gasteiger partial charge in [-0.15, -0.1) is 0 Å². The third-order valence-electron chi connectivity index (χ3n) is 3.87. The second kappa shape index (κ2) is 8.45. The number of aliphatic hydroxyl groups is 1. The lowest BCUT2D eigenvalue weighted by Crippen LogP contribution is -2.04. The standard InChI is InChI=1S/C21H18F2O3/c22-21(23)26-20-12-17(9-10-18(20)13-24)16-7-4-8-19(11-16)25-14-15-5-2-1-3-6-15/h1-12,21,24H,13-14H2. The van der Waals surface area contributed by atoms with Gasteiger partial charge in [-0.1, -0.05) is 54.6 Å². The molecule has 3 nitrogen and oxygen atoms in total. The van der Waals surface area contributed by atoms with Gasteiger partial charge in [0.05, 0.1) is 6.61 Å². The first-order valence-corrected chi connectivity index (χ1v) is 8.11. The van der Waals surface area contributed by atoms with Crippen LogP contribution in [0.5, 0.6) is 11.5 Å². The van der Waals surface area contributed by atoms with Crippen molar-refractivity contribution in [2.75, 3.05) is 0 Å². The minimum absolute atomic E-state index is 0.0318. The Morgan fingerprint density at radius 3 is 2.35 bits per heavy atom. The monoisotopic (exact) mass is 356 g/mol. The van der Waals surface area contributed by atoms with Crippen LogP contribution in [0.2, 0.25) is 0 Å². The maximum Gasteiger partial charge on any atom is 0.387 e. The predicted octanol–water partition coefficient (Wildman–Crippen LogP) is 5.03. The van der Waals surface area contributed by atoms with E-state index in [0.29, 0.717) is 23.5 Å². The summed E-state index contributed by atoms with van der Waals surface area (Å²) < 4.78 is 35.5. The highest BCUT2D eigenvalue weighted by Gasteiger charge is 2.11. The smallest absolute Gasteiger partial charge is 0.387 e. The molecule has 0 aliphatic carbocycles. The third-order valence-corrected chi connectivity index (χ3v) is 3.87. The van der Waals surface area contributed by atoms with E-state index in [1.807, 2.05) is 54.6 Å². The van der Waals surface area contributed by atoms with Crippen LogP contribution < -0.4 is 9.47 Å². The molecule has 5 heteroatoms. The predicted molar refractivity (Wildman–Crippen MR) is 95.2 cm³/mol. The van der Waals surface area contributed by atoms with E-state index in [9.17, 15) is 13.9 Å². The van der Waals surface area contributed by atoms with Crippen molar-refractivity contribution in [2.24, 2.45) is 0 Å². The average Bonchev–Trinajstić information content (AvgIpc) is 2.67. The number of alkyl halides is 2. The van der Waals surface area contributed by atoms with Crippen molar-refractivity contribution < 1.29 is 23.4 Å². The molecule has 134 valence electrons. The molecule has 0 saturated heterocycles. The van der Waals surface area contributed by atoms with Crippen LogP contribution in [0.1, 0.15) is 11.1 Å². The highest BCUT2D eigenvalue weighted by Crippen LogP contribution is 2.30. The van der Waals surface area contributed by atoms with Crippen molar-refractivity contribution in [1.82, 2.24) is 0 Å². The Balaban J connectivity index is 1.81. The summed E-state index contributed by atoms with van der Waals surface area (Å²) in [6, 6.07) is 22.0. The number of aliphatic hydroxyl groups excluding tert-OH is 1. The summed E-state index contributed by atoms with van der Waals surface area (Å²) in [5.41, 5.74) is 2.87. The van der Waals surface area contributed by atoms with Gasteiger partial charge in [0.15, 0.2) is 0 Å². The zero-order valence-electron chi connectivity index (χ0n) is 13.9. The number of benzene rings is 3. The van der Waals surface area contributed by atoms with Crippen molar-refractivity contribution in [3.8, 4) is 22.6 Å². The van der Waals surface area contributed by atoms with E-state index in [1.165, 1.54) is 6.07 Å². The SMILES string of the molecule is OCc1ccc(-c2cccc(OCc3ccccc3)c2)cc1OC(F)F. The molecule has 3 rings (SSSR count). The normalized spacial score (nSPS) is 10.8. The van der Waals surface area contributed by atoms with E-state index >= 15 is 0 Å². The third kappa shape index (κ3) is 4.58. The fraction of sp³-hybridized carbons (Fsp3) is 0.143. The van der Waals surface area contributed by atoms with Crippen LogP contribution in [0, 0.1) is 0 Å². The largest absolute Gasteiger partial charge is 0.489 e. The summed E-state index contributed by atoms with van der Waals surface area (Å²) >= 11 is 0. The first kappa shape index (κ1) is 17.9. The van der Waals surface area contributed by atoms with Gasteiger partial charge in [0.1, 0.15) is 18.1 Å². The Kier molecular flexibility index (Phi) is 5.81. The number of halogens is 2. The van der Waals surface area contributed by atoms with Gasteiger partial charge in [-0.3, -0.25) is 0 Å². The van der Waals surface area contributed by atoms with Crippen LogP contribution in [-0.2, 0) is 13.2 Å². The first-order valence-electron chi connectivity index (χ1n) is 8.11. The maximum absolute atomic E-state index is 12.6. The summed E-state index contributed by atoms with van der Waals surface area (Å²) in [5.74, 6) is 0.643. The van der Waals surface area contributed by atoms with Crippen LogP contribution in [0.4, 0.5) is 8.78 Å². The summed E-state index contributed by atoms with van der Waals surface area (Å²) in [4.78, 5) is 0. The van der Waals surface area contributed by atoms with Gasteiger partial charge in [0, 0.05) is 5.56 Å². The van der Waals surface area contributed by atoms with E-state index in [-0.39, 0.29) is 12.4 Å². The molecule has 0 fully saturated rings. The summed E-state index contributed by atoms with van der Waals surface area (Å²) in [5, 5.41) is 9.27. The van der Waals surface area contributed by atoms with Crippen molar-refractivity contribution in [3.05, 3.63) is 83.9 Å². The molecule has 3 aromatic rings. The van der Waals surface area contributed by atoms with Gasteiger partial charge in [0.2, 0.25) is 0 Å². The lowest BCUT2D eigenvalue weighted by Gasteiger charge is -2.12. The van der Waals surface area contributed by atoms with Gasteiger partial charge in [0.25, 0.3) is 0 Å². The first-order chi connectivity index (χ1) is 12.7. The van der Waals surface area contributed by atoms with Gasteiger partial charge in [-0.05, 0) is 34.9 Å². The topological polar surface area (TPSA) is 38.7 Å². The second-order valence-electron chi connectivity index (χ2n) is 5.66. The van der Waals surface area contributed by atoms with Crippen molar-refractivity contribution in [2.45, 2.75) is 19.8 Å². The minimum atomic E-state index is -2.95. The summed E-state index contributed by atoms with van der Waals surface area (Å²) in [6.45, 7) is -2.88. The van der Waals surface area contributed by atoms with Crippen molar-refractivity contribution >= 4 is 0 Å². The molecular weight excluding hydrogens is 338 g/mol. The summed E-state index contributed by atoms with van der Waals surface area (Å²) in [7, 11) is 0. The zero-order chi connectivity index (χ0) is 18.4. The molecule has 0 aliphatic rings. The molecule has 0 unspecified atom stereocenters. The molecule has 0 aromatic heterocycles. The Bertz CT molecular complexity index is 851. The molecule has 1 N–H and O–H groups in total. The molecule has 0 bridgehead atoms. The second-order valence-corrected chi connectivity index (χ2v) is 5.66. The van der Waals surface area contributed by atoms with Gasteiger partial charge in [-0.2, -0.15) is 8.78 Å². The van der Waals surface area contributed by atoms with E-state index < -0.39 is 6.61 Å². The molecule has 26 heavy (non-hydrogen) atoms. The van der Waals surface area contributed by atoms with Crippen LogP contribution in [-0.4, -0.2) is 11.7 Å². The summed E-state index contributed by atoms with van der Waals surface area (Å²) in [6.07, 6.45) is 0. The van der Waals surface area contributed by atoms with E-state index in [1.54, 1.807) is 12.1 Å². The fourth-order valence-electron chi connectivity index (χ4n) is 2.58. The van der Waals surface area contributed by atoms with E-state index in [2.05, 4.69) is 4.74 Å². The minimum Gasteiger partial charge on any atom is -0.489 e. The molecule has 3 aromatic carbocycles. The van der Waals surface area contributed by atoms with Gasteiger partial charge in [-0.25, -0.2) is 0 Å². The van der Waals surface area contributed by atoms with Crippen molar-refractivity contribution in [3.63, 3.8) is 0 Å². The number of rotatable bonds is 7. The van der Waals surface area contributed by atoms with Gasteiger partial charge < -0.3 is 14.6 Å². The van der Waals surface area contributed by atoms with Crippen LogP contribution in [0.25, 0.3) is 11.1 Å². The zero-order valence-corrected chi connectivity index (χ0v) is 13.9. The Labute approximate surface area is 150 Å². The highest BCUT2D eigenvalue weighted by atomic mass is 19.3.